The number of anilines is 1. The third-order valence-corrected chi connectivity index (χ3v) is 2.72. The summed E-state index contributed by atoms with van der Waals surface area (Å²) in [6.45, 7) is 6.25. The average molecular weight is 233 g/mol. The summed E-state index contributed by atoms with van der Waals surface area (Å²) in [4.78, 5) is 4.34. The van der Waals surface area contributed by atoms with Gasteiger partial charge in [0.25, 0.3) is 0 Å². The third kappa shape index (κ3) is 2.22. The van der Waals surface area contributed by atoms with E-state index >= 15 is 0 Å². The van der Waals surface area contributed by atoms with Gasteiger partial charge < -0.3 is 5.43 Å². The number of nitrogens with zero attached hydrogens (tertiary/aromatic N) is 1. The molecular formula is C13H16FN3. The lowest BCUT2D eigenvalue weighted by molar-refractivity contribution is 0.590. The highest BCUT2D eigenvalue weighted by atomic mass is 19.1. The Bertz CT molecular complexity index is 558. The molecule has 3 nitrogen and oxygen atoms in total. The molecule has 1 aromatic carbocycles. The maximum Gasteiger partial charge on any atom is 0.144 e. The highest BCUT2D eigenvalue weighted by molar-refractivity contribution is 5.82. The van der Waals surface area contributed by atoms with Crippen LogP contribution in [0.5, 0.6) is 0 Å². The van der Waals surface area contributed by atoms with Gasteiger partial charge in [-0.25, -0.2) is 15.2 Å². The molecule has 0 atom stereocenters. The molecular weight excluding hydrogens is 217 g/mol. The zero-order valence-electron chi connectivity index (χ0n) is 10.2. The molecule has 2 rings (SSSR count). The van der Waals surface area contributed by atoms with Crippen LogP contribution in [0.3, 0.4) is 0 Å². The van der Waals surface area contributed by atoms with Gasteiger partial charge in [-0.1, -0.05) is 20.8 Å². The molecule has 17 heavy (non-hydrogen) atoms. The summed E-state index contributed by atoms with van der Waals surface area (Å²) in [5.41, 5.74) is 4.12. The molecule has 0 bridgehead atoms. The van der Waals surface area contributed by atoms with Crippen molar-refractivity contribution in [2.75, 3.05) is 5.43 Å². The van der Waals surface area contributed by atoms with Crippen molar-refractivity contribution >= 4 is 16.7 Å². The first-order valence-electron chi connectivity index (χ1n) is 5.49. The Labute approximate surface area is 99.8 Å². The molecule has 0 unspecified atom stereocenters. The lowest BCUT2D eigenvalue weighted by atomic mass is 9.86. The summed E-state index contributed by atoms with van der Waals surface area (Å²) in [5, 5.41) is 0.912. The van der Waals surface area contributed by atoms with Gasteiger partial charge in [-0.15, -0.1) is 0 Å². The summed E-state index contributed by atoms with van der Waals surface area (Å²) in [7, 11) is 0. The topological polar surface area (TPSA) is 50.9 Å². The zero-order chi connectivity index (χ0) is 12.6. The minimum Gasteiger partial charge on any atom is -0.308 e. The van der Waals surface area contributed by atoms with E-state index < -0.39 is 0 Å². The number of fused-ring (bicyclic) bond motifs is 1. The molecule has 2 aromatic rings. The van der Waals surface area contributed by atoms with E-state index in [1.807, 2.05) is 6.07 Å². The van der Waals surface area contributed by atoms with Crippen molar-refractivity contribution in [3.8, 4) is 0 Å². The maximum atomic E-state index is 13.1. The van der Waals surface area contributed by atoms with E-state index in [2.05, 4.69) is 31.2 Å². The molecule has 3 N–H and O–H groups in total. The van der Waals surface area contributed by atoms with Crippen molar-refractivity contribution in [1.29, 1.82) is 0 Å². The standard InChI is InChI=1S/C13H16FN3/c1-13(2,3)10-6-8-4-5-9(14)7-11(8)16-12(10)17-15/h4-7H,15H2,1-3H3,(H,16,17). The number of nitrogens with one attached hydrogen (secondary N) is 1. The summed E-state index contributed by atoms with van der Waals surface area (Å²) in [6.07, 6.45) is 0. The normalized spacial score (nSPS) is 11.8. The molecule has 4 heteroatoms. The molecule has 0 aliphatic carbocycles. The van der Waals surface area contributed by atoms with Crippen molar-refractivity contribution in [3.05, 3.63) is 35.6 Å². The predicted molar refractivity (Wildman–Crippen MR) is 68.2 cm³/mol. The molecule has 0 saturated carbocycles. The Balaban J connectivity index is 2.73. The Hall–Kier alpha value is -1.68. The van der Waals surface area contributed by atoms with Crippen LogP contribution in [0.4, 0.5) is 10.2 Å². The molecule has 0 amide bonds. The number of pyridine rings is 1. The highest BCUT2D eigenvalue weighted by Gasteiger charge is 2.19. The summed E-state index contributed by atoms with van der Waals surface area (Å²) >= 11 is 0. The summed E-state index contributed by atoms with van der Waals surface area (Å²) in [5.74, 6) is 5.77. The highest BCUT2D eigenvalue weighted by Crippen LogP contribution is 2.30. The number of hydrogen-bond acceptors (Lipinski definition) is 3. The van der Waals surface area contributed by atoms with E-state index in [0.29, 0.717) is 11.3 Å². The molecule has 0 aliphatic heterocycles. The number of hydrogen-bond donors (Lipinski definition) is 2. The predicted octanol–water partition coefficient (Wildman–Crippen LogP) is 2.96. The van der Waals surface area contributed by atoms with Crippen molar-refractivity contribution < 1.29 is 4.39 Å². The van der Waals surface area contributed by atoms with Gasteiger partial charge in [-0.05, 0) is 23.6 Å². The van der Waals surface area contributed by atoms with Crippen LogP contribution in [0, 0.1) is 5.82 Å². The van der Waals surface area contributed by atoms with Crippen LogP contribution in [0.1, 0.15) is 26.3 Å². The molecule has 1 aromatic heterocycles. The minimum absolute atomic E-state index is 0.0721. The number of nitrogen functional groups attached to an aromatic ring is 1. The number of hydrazine groups is 1. The van der Waals surface area contributed by atoms with Crippen molar-refractivity contribution in [2.45, 2.75) is 26.2 Å². The summed E-state index contributed by atoms with van der Waals surface area (Å²) in [6, 6.07) is 6.57. The van der Waals surface area contributed by atoms with Crippen LogP contribution in [-0.2, 0) is 5.41 Å². The number of rotatable bonds is 1. The minimum atomic E-state index is -0.295. The van der Waals surface area contributed by atoms with E-state index in [9.17, 15) is 4.39 Å². The second-order valence-electron chi connectivity index (χ2n) is 5.12. The van der Waals surface area contributed by atoms with Gasteiger partial charge in [0, 0.05) is 17.0 Å². The van der Waals surface area contributed by atoms with Crippen LogP contribution in [0.15, 0.2) is 24.3 Å². The largest absolute Gasteiger partial charge is 0.308 e. The van der Waals surface area contributed by atoms with Crippen LogP contribution < -0.4 is 11.3 Å². The third-order valence-electron chi connectivity index (χ3n) is 2.72. The molecule has 0 aliphatic rings. The SMILES string of the molecule is CC(C)(C)c1cc2ccc(F)cc2nc1NN. The van der Waals surface area contributed by atoms with Crippen molar-refractivity contribution in [2.24, 2.45) is 5.84 Å². The van der Waals surface area contributed by atoms with Gasteiger partial charge in [0.2, 0.25) is 0 Å². The van der Waals surface area contributed by atoms with E-state index in [4.69, 9.17) is 5.84 Å². The number of nitrogens with two attached hydrogens (primary N) is 1. The molecule has 1 heterocycles. The van der Waals surface area contributed by atoms with Gasteiger partial charge in [0.1, 0.15) is 11.6 Å². The molecule has 0 saturated heterocycles. The van der Waals surface area contributed by atoms with Gasteiger partial charge in [0.15, 0.2) is 0 Å². The Morgan fingerprint density at radius 1 is 1.24 bits per heavy atom. The van der Waals surface area contributed by atoms with Gasteiger partial charge >= 0.3 is 0 Å². The van der Waals surface area contributed by atoms with Crippen LogP contribution >= 0.6 is 0 Å². The first kappa shape index (κ1) is 11.8. The smallest absolute Gasteiger partial charge is 0.144 e. The van der Waals surface area contributed by atoms with Crippen LogP contribution in [0.25, 0.3) is 10.9 Å². The van der Waals surface area contributed by atoms with E-state index in [0.717, 1.165) is 10.9 Å². The zero-order valence-corrected chi connectivity index (χ0v) is 10.2. The Morgan fingerprint density at radius 2 is 1.94 bits per heavy atom. The first-order chi connectivity index (χ1) is 7.91. The van der Waals surface area contributed by atoms with E-state index in [-0.39, 0.29) is 11.2 Å². The number of aromatic nitrogens is 1. The lowest BCUT2D eigenvalue weighted by Gasteiger charge is -2.22. The monoisotopic (exact) mass is 233 g/mol. The second kappa shape index (κ2) is 3.96. The molecule has 0 spiro atoms. The molecule has 0 fully saturated rings. The van der Waals surface area contributed by atoms with E-state index in [1.54, 1.807) is 6.07 Å². The number of halogens is 1. The second-order valence-corrected chi connectivity index (χ2v) is 5.12. The van der Waals surface area contributed by atoms with E-state index in [1.165, 1.54) is 12.1 Å². The quantitative estimate of drug-likeness (QED) is 0.588. The van der Waals surface area contributed by atoms with Crippen molar-refractivity contribution in [1.82, 2.24) is 4.98 Å². The maximum absolute atomic E-state index is 13.1. The molecule has 90 valence electrons. The fourth-order valence-electron chi connectivity index (χ4n) is 1.82. The summed E-state index contributed by atoms with van der Waals surface area (Å²) < 4.78 is 13.1. The fraction of sp³-hybridized carbons (Fsp3) is 0.308. The lowest BCUT2D eigenvalue weighted by Crippen LogP contribution is -2.19. The Morgan fingerprint density at radius 3 is 2.53 bits per heavy atom. The van der Waals surface area contributed by atoms with Gasteiger partial charge in [-0.2, -0.15) is 0 Å². The first-order valence-corrected chi connectivity index (χ1v) is 5.49. The molecule has 0 radical (unpaired) electrons. The average Bonchev–Trinajstić information content (AvgIpc) is 2.25. The van der Waals surface area contributed by atoms with Crippen LogP contribution in [0.2, 0.25) is 0 Å². The van der Waals surface area contributed by atoms with Gasteiger partial charge in [0.05, 0.1) is 5.52 Å². The van der Waals surface area contributed by atoms with Crippen LogP contribution in [-0.4, -0.2) is 4.98 Å². The number of benzene rings is 1. The Kier molecular flexibility index (Phi) is 2.75. The van der Waals surface area contributed by atoms with Crippen molar-refractivity contribution in [3.63, 3.8) is 0 Å². The van der Waals surface area contributed by atoms with Gasteiger partial charge in [-0.3, -0.25) is 0 Å². The fourth-order valence-corrected chi connectivity index (χ4v) is 1.82.